The zero-order valence-corrected chi connectivity index (χ0v) is 29.7. The molecule has 2 aliphatic rings. The van der Waals surface area contributed by atoms with Crippen molar-refractivity contribution in [2.45, 2.75) is 11.8 Å². The van der Waals surface area contributed by atoms with Crippen LogP contribution in [0.2, 0.25) is 0 Å². The first-order chi connectivity index (χ1) is 25.3. The van der Waals surface area contributed by atoms with Crippen LogP contribution in [-0.2, 0) is 0 Å². The topological polar surface area (TPSA) is 0 Å². The number of hydrogen-bond acceptors (Lipinski definition) is 3. The van der Waals surface area contributed by atoms with E-state index < -0.39 is 0 Å². The predicted molar refractivity (Wildman–Crippen MR) is 226 cm³/mol. The Bertz CT molecular complexity index is 3500. The lowest BCUT2D eigenvalue weighted by Gasteiger charge is -2.35. The van der Waals surface area contributed by atoms with Crippen molar-refractivity contribution in [3.05, 3.63) is 152 Å². The van der Waals surface area contributed by atoms with Gasteiger partial charge in [0.25, 0.3) is 0 Å². The molecule has 0 aliphatic heterocycles. The molecular formula is C48H26S3. The maximum atomic E-state index is 2.61. The molecule has 3 aromatic heterocycles. The number of fused-ring (bicyclic) bond motifs is 24. The highest BCUT2D eigenvalue weighted by molar-refractivity contribution is 7.19. The fourth-order valence-corrected chi connectivity index (χ4v) is 12.8. The molecular weight excluding hydrogens is 673 g/mol. The monoisotopic (exact) mass is 698 g/mol. The van der Waals surface area contributed by atoms with E-state index in [4.69, 9.17) is 0 Å². The van der Waals surface area contributed by atoms with Gasteiger partial charge >= 0.3 is 0 Å². The molecule has 13 rings (SSSR count). The lowest BCUT2D eigenvalue weighted by Crippen LogP contribution is -2.32. The third kappa shape index (κ3) is 3.45. The Balaban J connectivity index is 1.40. The molecule has 0 spiro atoms. The maximum absolute atomic E-state index is 2.61. The molecule has 11 aromatic rings. The van der Waals surface area contributed by atoms with Gasteiger partial charge in [0.15, 0.2) is 0 Å². The van der Waals surface area contributed by atoms with Gasteiger partial charge in [-0.2, -0.15) is 0 Å². The Hall–Kier alpha value is -5.32. The average molecular weight is 699 g/mol. The highest BCUT2D eigenvalue weighted by atomic mass is 32.1. The van der Waals surface area contributed by atoms with Crippen LogP contribution in [0.1, 0.15) is 22.3 Å². The number of hydrogen-bond donors (Lipinski definition) is 0. The minimum absolute atomic E-state index is 0.225. The number of rotatable bonds is 0. The van der Waals surface area contributed by atoms with Crippen molar-refractivity contribution >= 4 is 131 Å². The van der Waals surface area contributed by atoms with Crippen molar-refractivity contribution in [2.24, 2.45) is 0 Å². The van der Waals surface area contributed by atoms with Gasteiger partial charge in [-0.15, -0.1) is 34.0 Å². The van der Waals surface area contributed by atoms with Crippen LogP contribution < -0.4 is 10.4 Å². The Morgan fingerprint density at radius 2 is 0.882 bits per heavy atom. The second-order valence-electron chi connectivity index (χ2n) is 14.3. The molecule has 0 nitrogen and oxygen atoms in total. The van der Waals surface area contributed by atoms with Crippen LogP contribution in [0.5, 0.6) is 0 Å². The molecule has 236 valence electrons. The van der Waals surface area contributed by atoms with E-state index in [0.29, 0.717) is 5.92 Å². The molecule has 0 saturated heterocycles. The smallest absolute Gasteiger partial charge is 0.0428 e. The van der Waals surface area contributed by atoms with E-state index in [-0.39, 0.29) is 5.92 Å². The Kier molecular flexibility index (Phi) is 5.22. The zero-order valence-electron chi connectivity index (χ0n) is 27.2. The molecule has 3 heteroatoms. The van der Waals surface area contributed by atoms with E-state index in [1.54, 1.807) is 0 Å². The fourth-order valence-electron chi connectivity index (χ4n) is 9.87. The van der Waals surface area contributed by atoms with Crippen molar-refractivity contribution in [1.29, 1.82) is 0 Å². The summed E-state index contributed by atoms with van der Waals surface area (Å²) < 4.78 is 2.78. The summed E-state index contributed by atoms with van der Waals surface area (Å²) in [6.45, 7) is 0. The van der Waals surface area contributed by atoms with Crippen LogP contribution >= 0.6 is 34.0 Å². The normalized spacial score (nSPS) is 16.5. The minimum atomic E-state index is 0.225. The summed E-state index contributed by atoms with van der Waals surface area (Å²) in [5.41, 5.74) is 4.36. The number of thiophene rings is 3. The first kappa shape index (κ1) is 27.4. The molecule has 2 unspecified atom stereocenters. The Morgan fingerprint density at radius 3 is 1.51 bits per heavy atom. The van der Waals surface area contributed by atoms with Crippen LogP contribution in [0.15, 0.2) is 131 Å². The molecule has 2 atom stereocenters. The van der Waals surface area contributed by atoms with E-state index in [1.165, 1.54) is 117 Å². The largest absolute Gasteiger partial charge is 0.148 e. The third-order valence-corrected chi connectivity index (χ3v) is 14.8. The Labute approximate surface area is 304 Å². The van der Waals surface area contributed by atoms with Crippen molar-refractivity contribution < 1.29 is 0 Å². The summed E-state index contributed by atoms with van der Waals surface area (Å²) in [7, 11) is 0. The SMILES string of the molecule is C1=c2ccccc2=CC2c3c(c4c5cc6ccccc6cc5c5sccc5c4c4c5cc6ccccc6cc5c5sccc5c34)-c3ccsc3C12. The Morgan fingerprint density at radius 1 is 0.392 bits per heavy atom. The fraction of sp³-hybridized carbons (Fsp3) is 0.0417. The van der Waals surface area contributed by atoms with Crippen molar-refractivity contribution in [3.8, 4) is 11.1 Å². The molecule has 2 aliphatic carbocycles. The van der Waals surface area contributed by atoms with E-state index in [2.05, 4.69) is 144 Å². The highest BCUT2D eigenvalue weighted by Crippen LogP contribution is 2.60. The van der Waals surface area contributed by atoms with E-state index in [9.17, 15) is 0 Å². The summed E-state index contributed by atoms with van der Waals surface area (Å²) in [4.78, 5) is 1.49. The highest BCUT2D eigenvalue weighted by Gasteiger charge is 2.38. The predicted octanol–water partition coefficient (Wildman–Crippen LogP) is 13.2. The lowest BCUT2D eigenvalue weighted by molar-refractivity contribution is 0.802. The molecule has 3 heterocycles. The number of benzene rings is 8. The molecule has 51 heavy (non-hydrogen) atoms. The molecule has 0 N–H and O–H groups in total. The summed E-state index contributed by atoms with van der Waals surface area (Å²) in [6, 6.07) is 44.0. The van der Waals surface area contributed by atoms with Crippen molar-refractivity contribution in [2.75, 3.05) is 0 Å². The molecule has 0 amide bonds. The molecule has 0 bridgehead atoms. The molecule has 8 aromatic carbocycles. The van der Waals surface area contributed by atoms with E-state index >= 15 is 0 Å². The molecule has 0 fully saturated rings. The van der Waals surface area contributed by atoms with Crippen LogP contribution in [0.25, 0.3) is 108 Å². The van der Waals surface area contributed by atoms with E-state index in [0.717, 1.165) is 0 Å². The van der Waals surface area contributed by atoms with Gasteiger partial charge in [0.1, 0.15) is 0 Å². The zero-order chi connectivity index (χ0) is 32.9. The van der Waals surface area contributed by atoms with Crippen LogP contribution in [-0.4, -0.2) is 0 Å². The summed E-state index contributed by atoms with van der Waals surface area (Å²) in [5, 5.41) is 28.8. The van der Waals surface area contributed by atoms with Gasteiger partial charge in [0.05, 0.1) is 0 Å². The first-order valence-corrected chi connectivity index (χ1v) is 20.3. The van der Waals surface area contributed by atoms with Crippen LogP contribution in [0, 0.1) is 0 Å². The van der Waals surface area contributed by atoms with E-state index in [1.807, 2.05) is 34.0 Å². The minimum Gasteiger partial charge on any atom is -0.148 e. The first-order valence-electron chi connectivity index (χ1n) is 17.6. The summed E-state index contributed by atoms with van der Waals surface area (Å²) in [6.07, 6.45) is 5.18. The second-order valence-corrected chi connectivity index (χ2v) is 17.1. The van der Waals surface area contributed by atoms with Gasteiger partial charge in [-0.1, -0.05) is 84.9 Å². The van der Waals surface area contributed by atoms with Crippen molar-refractivity contribution in [3.63, 3.8) is 0 Å². The molecule has 0 radical (unpaired) electrons. The quantitative estimate of drug-likeness (QED) is 0.109. The lowest BCUT2D eigenvalue weighted by atomic mass is 9.68. The van der Waals surface area contributed by atoms with Gasteiger partial charge in [-0.3, -0.25) is 0 Å². The van der Waals surface area contributed by atoms with Gasteiger partial charge in [-0.25, -0.2) is 0 Å². The molecule has 0 saturated carbocycles. The average Bonchev–Trinajstić information content (AvgIpc) is 3.97. The van der Waals surface area contributed by atoms with Gasteiger partial charge in [-0.05, 0) is 134 Å². The van der Waals surface area contributed by atoms with Crippen molar-refractivity contribution in [1.82, 2.24) is 0 Å². The van der Waals surface area contributed by atoms with Crippen LogP contribution in [0.3, 0.4) is 0 Å². The van der Waals surface area contributed by atoms with Gasteiger partial charge in [0.2, 0.25) is 0 Å². The second kappa shape index (κ2) is 9.71. The summed E-state index contributed by atoms with van der Waals surface area (Å²) >= 11 is 5.73. The van der Waals surface area contributed by atoms with Gasteiger partial charge in [0, 0.05) is 53.0 Å². The van der Waals surface area contributed by atoms with Gasteiger partial charge < -0.3 is 0 Å². The summed E-state index contributed by atoms with van der Waals surface area (Å²) in [5.74, 6) is 0.517. The standard InChI is InChI=1S/C48H26S3/c1-4-10-28-22-37-34(19-25(28)7-1)43-40(31-13-16-49-46(31)37)44-36-21-27-9-3-6-12-30(27)24-39(36)48-33(15-18-51-48)42(44)45-35-20-26-8-2-5-11-29(26)23-38(35)47-32(41(43)45)14-17-50-47/h1-24,34,37H. The maximum Gasteiger partial charge on any atom is 0.0428 e. The van der Waals surface area contributed by atoms with Crippen LogP contribution in [0.4, 0.5) is 0 Å². The third-order valence-electron chi connectivity index (χ3n) is 11.9.